The van der Waals surface area contributed by atoms with Crippen molar-refractivity contribution in [3.05, 3.63) is 23.4 Å². The highest BCUT2D eigenvalue weighted by atomic mass is 14.6. The number of hydrogen-bond donors (Lipinski definition) is 1. The van der Waals surface area contributed by atoms with E-state index in [-0.39, 0.29) is 0 Å². The zero-order valence-electron chi connectivity index (χ0n) is 6.44. The van der Waals surface area contributed by atoms with Crippen LogP contribution < -0.4 is 5.73 Å². The Kier molecular flexibility index (Phi) is 3.85. The standard InChI is InChI=1S/C8H15N/c1-4-6-8(9)7(3)5-2/h4,6H,5,9H2,1-3H3/b6-4-,8-7+. The zero-order valence-corrected chi connectivity index (χ0v) is 6.44. The van der Waals surface area contributed by atoms with E-state index in [9.17, 15) is 0 Å². The first kappa shape index (κ1) is 8.28. The van der Waals surface area contributed by atoms with E-state index in [1.165, 1.54) is 5.57 Å². The first-order valence-corrected chi connectivity index (χ1v) is 3.30. The van der Waals surface area contributed by atoms with Gasteiger partial charge >= 0.3 is 0 Å². The molecular weight excluding hydrogens is 110 g/mol. The molecule has 0 aromatic heterocycles. The highest BCUT2D eigenvalue weighted by Crippen LogP contribution is 2.02. The largest absolute Gasteiger partial charge is 0.399 e. The lowest BCUT2D eigenvalue weighted by molar-refractivity contribution is 1.06. The highest BCUT2D eigenvalue weighted by Gasteiger charge is 1.87. The molecule has 0 unspecified atom stereocenters. The third kappa shape index (κ3) is 2.96. The van der Waals surface area contributed by atoms with Crippen LogP contribution >= 0.6 is 0 Å². The van der Waals surface area contributed by atoms with Gasteiger partial charge in [0.05, 0.1) is 0 Å². The summed E-state index contributed by atoms with van der Waals surface area (Å²) in [5, 5.41) is 0. The van der Waals surface area contributed by atoms with E-state index in [1.807, 2.05) is 19.1 Å². The molecule has 1 nitrogen and oxygen atoms in total. The van der Waals surface area contributed by atoms with Crippen LogP contribution in [0.3, 0.4) is 0 Å². The number of rotatable bonds is 2. The molecule has 0 aromatic rings. The molecule has 1 heteroatoms. The molecule has 2 N–H and O–H groups in total. The number of hydrogen-bond acceptors (Lipinski definition) is 1. The molecule has 0 fully saturated rings. The van der Waals surface area contributed by atoms with Gasteiger partial charge in [-0.15, -0.1) is 0 Å². The van der Waals surface area contributed by atoms with Crippen molar-refractivity contribution in [1.29, 1.82) is 0 Å². The Hall–Kier alpha value is -0.720. The maximum Gasteiger partial charge on any atom is 0.0299 e. The van der Waals surface area contributed by atoms with E-state index < -0.39 is 0 Å². The van der Waals surface area contributed by atoms with Crippen LogP contribution in [0, 0.1) is 0 Å². The predicted molar refractivity (Wildman–Crippen MR) is 42.0 cm³/mol. The molecule has 0 radical (unpaired) electrons. The molecule has 0 saturated heterocycles. The van der Waals surface area contributed by atoms with Crippen molar-refractivity contribution in [3.63, 3.8) is 0 Å². The summed E-state index contributed by atoms with van der Waals surface area (Å²) in [6.45, 7) is 6.12. The molecule has 0 bridgehead atoms. The highest BCUT2D eigenvalue weighted by molar-refractivity contribution is 5.20. The summed E-state index contributed by atoms with van der Waals surface area (Å²) in [5.41, 5.74) is 7.79. The van der Waals surface area contributed by atoms with Crippen LogP contribution in [-0.2, 0) is 0 Å². The second-order valence-corrected chi connectivity index (χ2v) is 2.09. The normalized spacial score (nSPS) is 14.1. The summed E-state index contributed by atoms with van der Waals surface area (Å²) in [7, 11) is 0. The van der Waals surface area contributed by atoms with Crippen molar-refractivity contribution in [3.8, 4) is 0 Å². The number of nitrogens with two attached hydrogens (primary N) is 1. The zero-order chi connectivity index (χ0) is 7.28. The fourth-order valence-electron chi connectivity index (χ4n) is 0.526. The minimum absolute atomic E-state index is 0.903. The Morgan fingerprint density at radius 2 is 2.11 bits per heavy atom. The molecule has 0 atom stereocenters. The molecule has 0 aromatic carbocycles. The Morgan fingerprint density at radius 1 is 1.56 bits per heavy atom. The van der Waals surface area contributed by atoms with E-state index in [1.54, 1.807) is 0 Å². The minimum Gasteiger partial charge on any atom is -0.399 e. The van der Waals surface area contributed by atoms with Gasteiger partial charge in [0.2, 0.25) is 0 Å². The molecule has 0 amide bonds. The minimum atomic E-state index is 0.903. The number of allylic oxidation sites excluding steroid dienone is 3. The van der Waals surface area contributed by atoms with Gasteiger partial charge in [0, 0.05) is 5.70 Å². The van der Waals surface area contributed by atoms with Crippen molar-refractivity contribution in [2.75, 3.05) is 0 Å². The molecule has 0 heterocycles. The molecule has 0 aliphatic carbocycles. The first-order valence-electron chi connectivity index (χ1n) is 3.30. The first-order chi connectivity index (χ1) is 4.22. The average Bonchev–Trinajstić information content (AvgIpc) is 1.87. The second-order valence-electron chi connectivity index (χ2n) is 2.09. The van der Waals surface area contributed by atoms with Crippen molar-refractivity contribution in [1.82, 2.24) is 0 Å². The lowest BCUT2D eigenvalue weighted by Crippen LogP contribution is -1.96. The van der Waals surface area contributed by atoms with Gasteiger partial charge < -0.3 is 5.73 Å². The Morgan fingerprint density at radius 3 is 2.44 bits per heavy atom. The van der Waals surface area contributed by atoms with E-state index in [4.69, 9.17) is 5.73 Å². The van der Waals surface area contributed by atoms with Crippen LogP contribution in [0.1, 0.15) is 27.2 Å². The van der Waals surface area contributed by atoms with Gasteiger partial charge in [0.15, 0.2) is 0 Å². The molecule has 0 aliphatic rings. The van der Waals surface area contributed by atoms with Crippen molar-refractivity contribution in [2.24, 2.45) is 5.73 Å². The van der Waals surface area contributed by atoms with Gasteiger partial charge in [-0.1, -0.05) is 18.6 Å². The van der Waals surface area contributed by atoms with Gasteiger partial charge in [0.1, 0.15) is 0 Å². The van der Waals surface area contributed by atoms with E-state index in [0.29, 0.717) is 0 Å². The van der Waals surface area contributed by atoms with Crippen LogP contribution in [0.15, 0.2) is 23.4 Å². The van der Waals surface area contributed by atoms with Gasteiger partial charge in [-0.3, -0.25) is 0 Å². The predicted octanol–water partition coefficient (Wildman–Crippen LogP) is 2.21. The lowest BCUT2D eigenvalue weighted by atomic mass is 10.2. The molecular formula is C8H15N. The summed E-state index contributed by atoms with van der Waals surface area (Å²) >= 11 is 0. The van der Waals surface area contributed by atoms with Crippen LogP contribution in [0.2, 0.25) is 0 Å². The maximum atomic E-state index is 5.63. The molecule has 9 heavy (non-hydrogen) atoms. The average molecular weight is 125 g/mol. The Labute approximate surface area is 57.3 Å². The fourth-order valence-corrected chi connectivity index (χ4v) is 0.526. The summed E-state index contributed by atoms with van der Waals surface area (Å²) in [5.74, 6) is 0. The third-order valence-corrected chi connectivity index (χ3v) is 1.37. The van der Waals surface area contributed by atoms with Crippen LogP contribution in [0.25, 0.3) is 0 Å². The van der Waals surface area contributed by atoms with Crippen molar-refractivity contribution >= 4 is 0 Å². The monoisotopic (exact) mass is 125 g/mol. The molecule has 0 saturated carbocycles. The summed E-state index contributed by atoms with van der Waals surface area (Å²) in [6, 6.07) is 0. The topological polar surface area (TPSA) is 26.0 Å². The van der Waals surface area contributed by atoms with Crippen LogP contribution in [-0.4, -0.2) is 0 Å². The maximum absolute atomic E-state index is 5.63. The molecule has 0 aliphatic heterocycles. The van der Waals surface area contributed by atoms with Gasteiger partial charge in [-0.05, 0) is 26.3 Å². The molecule has 0 rings (SSSR count). The van der Waals surface area contributed by atoms with Gasteiger partial charge in [-0.25, -0.2) is 0 Å². The third-order valence-electron chi connectivity index (χ3n) is 1.37. The molecule has 0 spiro atoms. The second kappa shape index (κ2) is 4.19. The van der Waals surface area contributed by atoms with E-state index in [0.717, 1.165) is 12.1 Å². The summed E-state index contributed by atoms with van der Waals surface area (Å²) < 4.78 is 0. The van der Waals surface area contributed by atoms with Crippen LogP contribution in [0.5, 0.6) is 0 Å². The van der Waals surface area contributed by atoms with Gasteiger partial charge in [0.25, 0.3) is 0 Å². The fraction of sp³-hybridized carbons (Fsp3) is 0.500. The van der Waals surface area contributed by atoms with E-state index >= 15 is 0 Å². The smallest absolute Gasteiger partial charge is 0.0299 e. The summed E-state index contributed by atoms with van der Waals surface area (Å²) in [6.07, 6.45) is 4.92. The van der Waals surface area contributed by atoms with Gasteiger partial charge in [-0.2, -0.15) is 0 Å². The summed E-state index contributed by atoms with van der Waals surface area (Å²) in [4.78, 5) is 0. The quantitative estimate of drug-likeness (QED) is 0.562. The Balaban J connectivity index is 4.10. The van der Waals surface area contributed by atoms with E-state index in [2.05, 4.69) is 13.8 Å². The van der Waals surface area contributed by atoms with Crippen LogP contribution in [0.4, 0.5) is 0 Å². The van der Waals surface area contributed by atoms with Crippen molar-refractivity contribution in [2.45, 2.75) is 27.2 Å². The lowest BCUT2D eigenvalue weighted by Gasteiger charge is -1.97. The Bertz CT molecular complexity index is 132. The van der Waals surface area contributed by atoms with Crippen molar-refractivity contribution < 1.29 is 0 Å². The SMILES string of the molecule is C/C=C\C(N)=C(\C)CC. The molecule has 52 valence electrons.